The van der Waals surface area contributed by atoms with Gasteiger partial charge in [-0.1, -0.05) is 0 Å². The summed E-state index contributed by atoms with van der Waals surface area (Å²) in [5, 5.41) is 0. The maximum absolute atomic E-state index is 11.2. The van der Waals surface area contributed by atoms with Crippen LogP contribution >= 0.6 is 0 Å². The van der Waals surface area contributed by atoms with Crippen LogP contribution in [0.5, 0.6) is 11.5 Å². The molecule has 0 unspecified atom stereocenters. The van der Waals surface area contributed by atoms with Gasteiger partial charge in [-0.05, 0) is 75.1 Å². The standard InChI is InChI=1S/C20H26N2O3/c1-15(23)16-6-9-18(10-7-16)24-12-4-2-3-5-13-25-20-11-8-17(21)14-19(20)22/h6-11,14H,2-5,12-13,21-22H2,1H3. The number of carbonyl (C=O) groups excluding carboxylic acids is 1. The Bertz CT molecular complexity index is 684. The Morgan fingerprint density at radius 3 is 2.12 bits per heavy atom. The van der Waals surface area contributed by atoms with Crippen molar-refractivity contribution in [2.45, 2.75) is 32.6 Å². The van der Waals surface area contributed by atoms with Gasteiger partial charge in [-0.15, -0.1) is 0 Å². The number of nitrogen functional groups attached to an aromatic ring is 2. The summed E-state index contributed by atoms with van der Waals surface area (Å²) in [6, 6.07) is 12.5. The minimum Gasteiger partial charge on any atom is -0.494 e. The molecule has 0 saturated carbocycles. The molecular formula is C20H26N2O3. The van der Waals surface area contributed by atoms with E-state index in [2.05, 4.69) is 0 Å². The quantitative estimate of drug-likeness (QED) is 0.386. The van der Waals surface area contributed by atoms with Gasteiger partial charge in [-0.25, -0.2) is 0 Å². The molecule has 0 aliphatic heterocycles. The molecule has 2 aromatic carbocycles. The third kappa shape index (κ3) is 6.37. The number of hydrogen-bond acceptors (Lipinski definition) is 5. The molecule has 0 aliphatic carbocycles. The fourth-order valence-electron chi connectivity index (χ4n) is 2.41. The molecule has 5 heteroatoms. The Morgan fingerprint density at radius 2 is 1.52 bits per heavy atom. The molecule has 0 saturated heterocycles. The summed E-state index contributed by atoms with van der Waals surface area (Å²) in [4.78, 5) is 11.2. The van der Waals surface area contributed by atoms with Crippen LogP contribution < -0.4 is 20.9 Å². The van der Waals surface area contributed by atoms with Gasteiger partial charge >= 0.3 is 0 Å². The van der Waals surface area contributed by atoms with Gasteiger partial charge < -0.3 is 20.9 Å². The molecule has 0 fully saturated rings. The highest BCUT2D eigenvalue weighted by Crippen LogP contribution is 2.23. The number of unbranched alkanes of at least 4 members (excludes halogenated alkanes) is 3. The molecule has 25 heavy (non-hydrogen) atoms. The predicted octanol–water partition coefficient (Wildman–Crippen LogP) is 4.07. The van der Waals surface area contributed by atoms with E-state index in [0.717, 1.165) is 31.4 Å². The van der Waals surface area contributed by atoms with E-state index >= 15 is 0 Å². The minimum absolute atomic E-state index is 0.0643. The van der Waals surface area contributed by atoms with Gasteiger partial charge in [0.05, 0.1) is 18.9 Å². The van der Waals surface area contributed by atoms with E-state index in [9.17, 15) is 4.79 Å². The number of nitrogens with two attached hydrogens (primary N) is 2. The normalized spacial score (nSPS) is 10.4. The number of Topliss-reactive ketones (excluding diaryl/α,β-unsaturated/α-hetero) is 1. The van der Waals surface area contributed by atoms with Gasteiger partial charge in [-0.3, -0.25) is 4.79 Å². The SMILES string of the molecule is CC(=O)c1ccc(OCCCCCCOc2ccc(N)cc2N)cc1. The first kappa shape index (κ1) is 18.6. The number of anilines is 2. The first-order valence-electron chi connectivity index (χ1n) is 8.58. The van der Waals surface area contributed by atoms with Crippen molar-refractivity contribution in [3.8, 4) is 11.5 Å². The molecule has 0 heterocycles. The molecule has 0 atom stereocenters. The Balaban J connectivity index is 1.54. The van der Waals surface area contributed by atoms with E-state index in [1.54, 1.807) is 37.3 Å². The van der Waals surface area contributed by atoms with Crippen LogP contribution in [0.15, 0.2) is 42.5 Å². The summed E-state index contributed by atoms with van der Waals surface area (Å²) in [6.45, 7) is 2.87. The summed E-state index contributed by atoms with van der Waals surface area (Å²) in [5.74, 6) is 1.55. The molecule has 0 radical (unpaired) electrons. The second-order valence-corrected chi connectivity index (χ2v) is 5.99. The number of hydrogen-bond donors (Lipinski definition) is 2. The molecule has 2 aromatic rings. The number of carbonyl (C=O) groups is 1. The van der Waals surface area contributed by atoms with Crippen LogP contribution in [0, 0.1) is 0 Å². The van der Waals surface area contributed by atoms with E-state index in [4.69, 9.17) is 20.9 Å². The van der Waals surface area contributed by atoms with Crippen LogP contribution in [0.3, 0.4) is 0 Å². The third-order valence-electron chi connectivity index (χ3n) is 3.86. The van der Waals surface area contributed by atoms with Crippen molar-refractivity contribution >= 4 is 17.2 Å². The summed E-state index contributed by atoms with van der Waals surface area (Å²) in [5.41, 5.74) is 13.4. The van der Waals surface area contributed by atoms with Gasteiger partial charge in [0.2, 0.25) is 0 Å². The van der Waals surface area contributed by atoms with Gasteiger partial charge in [0.25, 0.3) is 0 Å². The Labute approximate surface area is 148 Å². The lowest BCUT2D eigenvalue weighted by molar-refractivity contribution is 0.101. The number of rotatable bonds is 10. The molecule has 0 spiro atoms. The molecule has 2 rings (SSSR count). The van der Waals surface area contributed by atoms with E-state index < -0.39 is 0 Å². The van der Waals surface area contributed by atoms with Crippen LogP contribution in [0.2, 0.25) is 0 Å². The lowest BCUT2D eigenvalue weighted by atomic mass is 10.1. The Kier molecular flexibility index (Phi) is 7.14. The highest BCUT2D eigenvalue weighted by atomic mass is 16.5. The Morgan fingerprint density at radius 1 is 0.880 bits per heavy atom. The number of ether oxygens (including phenoxy) is 2. The van der Waals surface area contributed by atoms with Crippen LogP contribution in [0.25, 0.3) is 0 Å². The van der Waals surface area contributed by atoms with Crippen molar-refractivity contribution in [2.75, 3.05) is 24.7 Å². The van der Waals surface area contributed by atoms with Crippen molar-refractivity contribution in [3.05, 3.63) is 48.0 Å². The van der Waals surface area contributed by atoms with E-state index in [0.29, 0.717) is 35.9 Å². The first-order chi connectivity index (χ1) is 12.1. The fraction of sp³-hybridized carbons (Fsp3) is 0.350. The zero-order chi connectivity index (χ0) is 18.1. The van der Waals surface area contributed by atoms with E-state index in [1.165, 1.54) is 0 Å². The second-order valence-electron chi connectivity index (χ2n) is 5.99. The Hall–Kier alpha value is -2.69. The highest BCUT2D eigenvalue weighted by Gasteiger charge is 2.01. The van der Waals surface area contributed by atoms with Gasteiger partial charge in [-0.2, -0.15) is 0 Å². The maximum atomic E-state index is 11.2. The molecule has 0 aromatic heterocycles. The van der Waals surface area contributed by atoms with Gasteiger partial charge in [0.15, 0.2) is 5.78 Å². The zero-order valence-electron chi connectivity index (χ0n) is 14.7. The average molecular weight is 342 g/mol. The summed E-state index contributed by atoms with van der Waals surface area (Å²) < 4.78 is 11.3. The molecule has 5 nitrogen and oxygen atoms in total. The second kappa shape index (κ2) is 9.57. The van der Waals surface area contributed by atoms with Crippen molar-refractivity contribution in [1.82, 2.24) is 0 Å². The summed E-state index contributed by atoms with van der Waals surface area (Å²) in [6.07, 6.45) is 4.10. The number of benzene rings is 2. The van der Waals surface area contributed by atoms with Crippen LogP contribution in [-0.4, -0.2) is 19.0 Å². The first-order valence-corrected chi connectivity index (χ1v) is 8.58. The largest absolute Gasteiger partial charge is 0.494 e. The average Bonchev–Trinajstić information content (AvgIpc) is 2.59. The van der Waals surface area contributed by atoms with Crippen LogP contribution in [0.4, 0.5) is 11.4 Å². The van der Waals surface area contributed by atoms with Gasteiger partial charge in [0, 0.05) is 11.3 Å². The van der Waals surface area contributed by atoms with Crippen LogP contribution in [-0.2, 0) is 0 Å². The van der Waals surface area contributed by atoms with Crippen molar-refractivity contribution in [1.29, 1.82) is 0 Å². The van der Waals surface area contributed by atoms with E-state index in [1.807, 2.05) is 12.1 Å². The molecule has 134 valence electrons. The van der Waals surface area contributed by atoms with Crippen molar-refractivity contribution in [3.63, 3.8) is 0 Å². The lowest BCUT2D eigenvalue weighted by Gasteiger charge is -2.09. The van der Waals surface area contributed by atoms with Crippen molar-refractivity contribution in [2.24, 2.45) is 0 Å². The monoisotopic (exact) mass is 342 g/mol. The molecule has 0 aliphatic rings. The maximum Gasteiger partial charge on any atom is 0.159 e. The van der Waals surface area contributed by atoms with E-state index in [-0.39, 0.29) is 5.78 Å². The molecule has 0 bridgehead atoms. The molecular weight excluding hydrogens is 316 g/mol. The highest BCUT2D eigenvalue weighted by molar-refractivity contribution is 5.94. The molecule has 0 amide bonds. The van der Waals surface area contributed by atoms with Crippen molar-refractivity contribution < 1.29 is 14.3 Å². The fourth-order valence-corrected chi connectivity index (χ4v) is 2.41. The topological polar surface area (TPSA) is 87.6 Å². The summed E-state index contributed by atoms with van der Waals surface area (Å²) in [7, 11) is 0. The zero-order valence-corrected chi connectivity index (χ0v) is 14.7. The summed E-state index contributed by atoms with van der Waals surface area (Å²) >= 11 is 0. The third-order valence-corrected chi connectivity index (χ3v) is 3.86. The molecule has 4 N–H and O–H groups in total. The number of ketones is 1. The van der Waals surface area contributed by atoms with Crippen LogP contribution in [0.1, 0.15) is 43.0 Å². The minimum atomic E-state index is 0.0643. The lowest BCUT2D eigenvalue weighted by Crippen LogP contribution is -2.02. The van der Waals surface area contributed by atoms with Gasteiger partial charge in [0.1, 0.15) is 11.5 Å². The predicted molar refractivity (Wildman–Crippen MR) is 101 cm³/mol. The smallest absolute Gasteiger partial charge is 0.159 e.